The van der Waals surface area contributed by atoms with Gasteiger partial charge in [0, 0.05) is 11.0 Å². The molecule has 0 fully saturated rings. The number of hydrogen-bond donors (Lipinski definition) is 1. The smallest absolute Gasteiger partial charge is 0.283 e. The summed E-state index contributed by atoms with van der Waals surface area (Å²) in [6, 6.07) is 12.4. The number of nitro benzene ring substituents is 1. The predicted octanol–water partition coefficient (Wildman–Crippen LogP) is 3.55. The first kappa shape index (κ1) is 13.6. The molecule has 19 heavy (non-hydrogen) atoms. The zero-order valence-electron chi connectivity index (χ0n) is 10.4. The summed E-state index contributed by atoms with van der Waals surface area (Å²) >= 11 is 1.37. The minimum atomic E-state index is -0.364. The van der Waals surface area contributed by atoms with Crippen molar-refractivity contribution in [1.29, 1.82) is 0 Å². The number of nitrogens with zero attached hydrogens (tertiary/aromatic N) is 1. The van der Waals surface area contributed by atoms with Crippen molar-refractivity contribution in [2.75, 3.05) is 0 Å². The van der Waals surface area contributed by atoms with Crippen molar-refractivity contribution >= 4 is 17.4 Å². The molecule has 0 saturated heterocycles. The highest BCUT2D eigenvalue weighted by atomic mass is 32.2. The summed E-state index contributed by atoms with van der Waals surface area (Å²) in [7, 11) is 0. The van der Waals surface area contributed by atoms with Gasteiger partial charge < -0.3 is 5.11 Å². The number of rotatable bonds is 4. The van der Waals surface area contributed by atoms with Gasteiger partial charge in [-0.25, -0.2) is 0 Å². The van der Waals surface area contributed by atoms with E-state index in [0.717, 1.165) is 16.0 Å². The van der Waals surface area contributed by atoms with Gasteiger partial charge in [0.2, 0.25) is 0 Å². The van der Waals surface area contributed by atoms with E-state index in [0.29, 0.717) is 4.90 Å². The van der Waals surface area contributed by atoms with Gasteiger partial charge in [-0.05, 0) is 30.2 Å². The molecule has 0 bridgehead atoms. The van der Waals surface area contributed by atoms with Crippen LogP contribution in [0.1, 0.15) is 11.1 Å². The van der Waals surface area contributed by atoms with E-state index in [-0.39, 0.29) is 17.2 Å². The molecule has 0 radical (unpaired) electrons. The third-order valence-electron chi connectivity index (χ3n) is 2.71. The molecule has 0 saturated carbocycles. The first-order chi connectivity index (χ1) is 9.11. The van der Waals surface area contributed by atoms with E-state index >= 15 is 0 Å². The van der Waals surface area contributed by atoms with Gasteiger partial charge in [0.15, 0.2) is 0 Å². The highest BCUT2D eigenvalue weighted by molar-refractivity contribution is 7.99. The number of nitro groups is 1. The highest BCUT2D eigenvalue weighted by Gasteiger charge is 2.16. The van der Waals surface area contributed by atoms with Crippen LogP contribution in [-0.2, 0) is 6.61 Å². The third-order valence-corrected chi connectivity index (χ3v) is 3.96. The van der Waals surface area contributed by atoms with Crippen LogP contribution in [0.15, 0.2) is 52.3 Å². The van der Waals surface area contributed by atoms with E-state index in [1.807, 2.05) is 37.3 Å². The van der Waals surface area contributed by atoms with Crippen molar-refractivity contribution in [2.24, 2.45) is 0 Å². The average Bonchev–Trinajstić information content (AvgIpc) is 2.41. The van der Waals surface area contributed by atoms with E-state index in [1.54, 1.807) is 6.07 Å². The number of hydrogen-bond acceptors (Lipinski definition) is 4. The minimum Gasteiger partial charge on any atom is -0.392 e. The van der Waals surface area contributed by atoms with E-state index in [1.165, 1.54) is 17.8 Å². The fourth-order valence-electron chi connectivity index (χ4n) is 1.69. The Morgan fingerprint density at radius 1 is 1.21 bits per heavy atom. The number of aliphatic hydroxyl groups is 1. The molecule has 2 aromatic rings. The minimum absolute atomic E-state index is 0.00450. The fourth-order valence-corrected chi connectivity index (χ4v) is 2.68. The van der Waals surface area contributed by atoms with Gasteiger partial charge in [-0.3, -0.25) is 10.1 Å². The Balaban J connectivity index is 2.34. The molecule has 0 aliphatic carbocycles. The summed E-state index contributed by atoms with van der Waals surface area (Å²) in [5, 5.41) is 20.0. The van der Waals surface area contributed by atoms with Crippen molar-refractivity contribution < 1.29 is 10.0 Å². The van der Waals surface area contributed by atoms with Crippen LogP contribution in [0, 0.1) is 17.0 Å². The Morgan fingerprint density at radius 3 is 2.47 bits per heavy atom. The van der Waals surface area contributed by atoms with Gasteiger partial charge in [0.25, 0.3) is 5.69 Å². The van der Waals surface area contributed by atoms with Crippen molar-refractivity contribution in [1.82, 2.24) is 0 Å². The zero-order valence-corrected chi connectivity index (χ0v) is 11.2. The lowest BCUT2D eigenvalue weighted by atomic mass is 10.2. The monoisotopic (exact) mass is 275 g/mol. The maximum atomic E-state index is 11.0. The molecule has 2 aromatic carbocycles. The van der Waals surface area contributed by atoms with E-state index in [2.05, 4.69) is 0 Å². The molecule has 0 aliphatic rings. The molecule has 98 valence electrons. The van der Waals surface area contributed by atoms with Crippen LogP contribution in [0.25, 0.3) is 0 Å². The van der Waals surface area contributed by atoms with Gasteiger partial charge in [-0.15, -0.1) is 0 Å². The van der Waals surface area contributed by atoms with Crippen LogP contribution in [0.3, 0.4) is 0 Å². The van der Waals surface area contributed by atoms with Crippen LogP contribution in [0.4, 0.5) is 5.69 Å². The molecule has 0 unspecified atom stereocenters. The van der Waals surface area contributed by atoms with Gasteiger partial charge >= 0.3 is 0 Å². The second-order valence-electron chi connectivity index (χ2n) is 4.08. The summed E-state index contributed by atoms with van der Waals surface area (Å²) in [5.41, 5.74) is 1.82. The van der Waals surface area contributed by atoms with Crippen LogP contribution in [-0.4, -0.2) is 10.0 Å². The maximum absolute atomic E-state index is 11.0. The molecule has 0 aliphatic heterocycles. The molecule has 0 aromatic heterocycles. The summed E-state index contributed by atoms with van der Waals surface area (Å²) in [5.74, 6) is 0. The SMILES string of the molecule is Cc1cccc([N+](=O)[O-])c1Sc1ccc(CO)cc1. The topological polar surface area (TPSA) is 63.4 Å². The second-order valence-corrected chi connectivity index (χ2v) is 5.17. The molecular weight excluding hydrogens is 262 g/mol. The summed E-state index contributed by atoms with van der Waals surface area (Å²) in [4.78, 5) is 12.2. The van der Waals surface area contributed by atoms with Gasteiger partial charge in [0.05, 0.1) is 16.4 Å². The normalized spacial score (nSPS) is 10.4. The molecule has 0 atom stereocenters. The lowest BCUT2D eigenvalue weighted by Gasteiger charge is -2.06. The third kappa shape index (κ3) is 3.13. The van der Waals surface area contributed by atoms with Crippen molar-refractivity contribution in [3.05, 3.63) is 63.7 Å². The highest BCUT2D eigenvalue weighted by Crippen LogP contribution is 2.37. The first-order valence-electron chi connectivity index (χ1n) is 5.73. The summed E-state index contributed by atoms with van der Waals surface area (Å²) < 4.78 is 0. The van der Waals surface area contributed by atoms with Gasteiger partial charge in [-0.2, -0.15) is 0 Å². The van der Waals surface area contributed by atoms with E-state index in [4.69, 9.17) is 5.11 Å². The quantitative estimate of drug-likeness (QED) is 0.684. The molecule has 2 rings (SSSR count). The molecule has 4 nitrogen and oxygen atoms in total. The average molecular weight is 275 g/mol. The van der Waals surface area contributed by atoms with Crippen molar-refractivity contribution in [3.63, 3.8) is 0 Å². The summed E-state index contributed by atoms with van der Waals surface area (Å²) in [6.07, 6.45) is 0. The zero-order chi connectivity index (χ0) is 13.8. The van der Waals surface area contributed by atoms with Crippen LogP contribution in [0.5, 0.6) is 0 Å². The number of aliphatic hydroxyl groups excluding tert-OH is 1. The van der Waals surface area contributed by atoms with Crippen molar-refractivity contribution in [2.45, 2.75) is 23.3 Å². The van der Waals surface area contributed by atoms with Gasteiger partial charge in [0.1, 0.15) is 0 Å². The molecule has 0 heterocycles. The standard InChI is InChI=1S/C14H13NO3S/c1-10-3-2-4-13(15(17)18)14(10)19-12-7-5-11(9-16)6-8-12/h2-8,16H,9H2,1H3. The fraction of sp³-hybridized carbons (Fsp3) is 0.143. The van der Waals surface area contributed by atoms with Crippen LogP contribution in [0.2, 0.25) is 0 Å². The number of aryl methyl sites for hydroxylation is 1. The van der Waals surface area contributed by atoms with E-state index in [9.17, 15) is 10.1 Å². The molecule has 5 heteroatoms. The number of benzene rings is 2. The maximum Gasteiger partial charge on any atom is 0.283 e. The van der Waals surface area contributed by atoms with Gasteiger partial charge in [-0.1, -0.05) is 36.0 Å². The molecule has 1 N–H and O–H groups in total. The largest absolute Gasteiger partial charge is 0.392 e. The van der Waals surface area contributed by atoms with E-state index < -0.39 is 0 Å². The predicted molar refractivity (Wildman–Crippen MR) is 74.3 cm³/mol. The van der Waals surface area contributed by atoms with Crippen LogP contribution < -0.4 is 0 Å². The Labute approximate surface area is 115 Å². The molecular formula is C14H13NO3S. The Hall–Kier alpha value is -1.85. The summed E-state index contributed by atoms with van der Waals surface area (Å²) in [6.45, 7) is 1.85. The Bertz CT molecular complexity index is 596. The lowest BCUT2D eigenvalue weighted by Crippen LogP contribution is -1.92. The Morgan fingerprint density at radius 2 is 1.89 bits per heavy atom. The molecule has 0 amide bonds. The van der Waals surface area contributed by atoms with Crippen molar-refractivity contribution in [3.8, 4) is 0 Å². The lowest BCUT2D eigenvalue weighted by molar-refractivity contribution is -0.387. The first-order valence-corrected chi connectivity index (χ1v) is 6.55. The van der Waals surface area contributed by atoms with Crippen LogP contribution >= 0.6 is 11.8 Å². The molecule has 0 spiro atoms. The Kier molecular flexibility index (Phi) is 4.19. The second kappa shape index (κ2) is 5.86.